The van der Waals surface area contributed by atoms with E-state index in [1.807, 2.05) is 6.92 Å². The number of esters is 1. The van der Waals surface area contributed by atoms with E-state index in [-0.39, 0.29) is 19.2 Å². The van der Waals surface area contributed by atoms with Crippen molar-refractivity contribution < 1.29 is 29.0 Å². The van der Waals surface area contributed by atoms with Crippen LogP contribution in [0, 0.1) is 10.1 Å². The number of likely N-dealkylation sites (tertiary alicyclic amines) is 1. The first-order valence-corrected chi connectivity index (χ1v) is 7.93. The van der Waals surface area contributed by atoms with E-state index in [1.165, 1.54) is 4.90 Å². The second-order valence-corrected chi connectivity index (χ2v) is 5.25. The quantitative estimate of drug-likeness (QED) is 0.260. The summed E-state index contributed by atoms with van der Waals surface area (Å²) in [5.41, 5.74) is 0. The molecule has 23 heavy (non-hydrogen) atoms. The number of carbonyl (C=O) groups is 2. The smallest absolute Gasteiger partial charge is 0.410 e. The monoisotopic (exact) mass is 332 g/mol. The van der Waals surface area contributed by atoms with Gasteiger partial charge in [0.25, 0.3) is 5.09 Å². The molecule has 9 nitrogen and oxygen atoms in total. The zero-order valence-corrected chi connectivity index (χ0v) is 13.4. The fourth-order valence-corrected chi connectivity index (χ4v) is 2.23. The molecule has 0 N–H and O–H groups in total. The number of hydrogen-bond acceptors (Lipinski definition) is 7. The van der Waals surface area contributed by atoms with Crippen LogP contribution in [0.3, 0.4) is 0 Å². The van der Waals surface area contributed by atoms with Gasteiger partial charge in [0.15, 0.2) is 0 Å². The highest BCUT2D eigenvalue weighted by molar-refractivity contribution is 5.82. The van der Waals surface area contributed by atoms with Crippen molar-refractivity contribution in [2.45, 2.75) is 51.5 Å². The van der Waals surface area contributed by atoms with Crippen LogP contribution in [0.1, 0.15) is 45.4 Å². The van der Waals surface area contributed by atoms with Gasteiger partial charge in [-0.1, -0.05) is 13.3 Å². The Morgan fingerprint density at radius 3 is 2.57 bits per heavy atom. The largest absolute Gasteiger partial charge is 0.464 e. The van der Waals surface area contributed by atoms with E-state index >= 15 is 0 Å². The zero-order valence-electron chi connectivity index (χ0n) is 13.4. The summed E-state index contributed by atoms with van der Waals surface area (Å²) >= 11 is 0. The van der Waals surface area contributed by atoms with Gasteiger partial charge < -0.3 is 14.3 Å². The van der Waals surface area contributed by atoms with Gasteiger partial charge in [0.05, 0.1) is 19.8 Å². The lowest BCUT2D eigenvalue weighted by Gasteiger charge is -2.22. The minimum Gasteiger partial charge on any atom is -0.464 e. The molecule has 1 amide bonds. The van der Waals surface area contributed by atoms with Crippen molar-refractivity contribution in [3.8, 4) is 0 Å². The number of ether oxygens (including phenoxy) is 2. The average molecular weight is 332 g/mol. The van der Waals surface area contributed by atoms with Gasteiger partial charge in [-0.2, -0.15) is 0 Å². The standard InChI is InChI=1S/C14H24N2O7/c1-2-3-9-21-13(17)12-7-6-8-15(12)14(18)22-10-4-5-11-23-16(19)20/h12H,2-11H2,1H3. The predicted molar refractivity (Wildman–Crippen MR) is 79.1 cm³/mol. The molecule has 1 rings (SSSR count). The molecule has 0 bridgehead atoms. The summed E-state index contributed by atoms with van der Waals surface area (Å²) in [6.45, 7) is 2.94. The molecule has 1 aliphatic heterocycles. The van der Waals surface area contributed by atoms with E-state index < -0.39 is 17.2 Å². The molecule has 0 aromatic carbocycles. The van der Waals surface area contributed by atoms with Crippen LogP contribution in [-0.4, -0.2) is 54.5 Å². The van der Waals surface area contributed by atoms with Crippen molar-refractivity contribution >= 4 is 12.1 Å². The van der Waals surface area contributed by atoms with Gasteiger partial charge in [0.1, 0.15) is 6.04 Å². The third kappa shape index (κ3) is 7.16. The topological polar surface area (TPSA) is 108 Å². The lowest BCUT2D eigenvalue weighted by atomic mass is 10.2. The Labute approximate surface area is 135 Å². The number of hydrogen-bond donors (Lipinski definition) is 0. The molecular formula is C14H24N2O7. The summed E-state index contributed by atoms with van der Waals surface area (Å²) in [5.74, 6) is -0.382. The Kier molecular flexibility index (Phi) is 8.78. The molecule has 0 spiro atoms. The molecule has 0 aromatic rings. The molecule has 9 heteroatoms. The van der Waals surface area contributed by atoms with E-state index in [4.69, 9.17) is 9.47 Å². The maximum absolute atomic E-state index is 12.0. The molecule has 1 aliphatic rings. The molecule has 1 fully saturated rings. The fourth-order valence-electron chi connectivity index (χ4n) is 2.23. The second-order valence-electron chi connectivity index (χ2n) is 5.25. The number of nitrogens with zero attached hydrogens (tertiary/aromatic N) is 2. The van der Waals surface area contributed by atoms with Gasteiger partial charge in [-0.15, -0.1) is 10.1 Å². The van der Waals surface area contributed by atoms with E-state index in [9.17, 15) is 19.7 Å². The fraction of sp³-hybridized carbons (Fsp3) is 0.857. The molecule has 1 unspecified atom stereocenters. The van der Waals surface area contributed by atoms with Crippen LogP contribution in [0.15, 0.2) is 0 Å². The van der Waals surface area contributed by atoms with Crippen LogP contribution in [0.5, 0.6) is 0 Å². The van der Waals surface area contributed by atoms with E-state index in [2.05, 4.69) is 4.84 Å². The van der Waals surface area contributed by atoms with Crippen molar-refractivity contribution in [1.29, 1.82) is 0 Å². The summed E-state index contributed by atoms with van der Waals surface area (Å²) in [6.07, 6.45) is 3.38. The van der Waals surface area contributed by atoms with Crippen LogP contribution < -0.4 is 0 Å². The van der Waals surface area contributed by atoms with Crippen LogP contribution in [0.25, 0.3) is 0 Å². The van der Waals surface area contributed by atoms with Gasteiger partial charge in [-0.25, -0.2) is 9.59 Å². The van der Waals surface area contributed by atoms with Crippen LogP contribution in [0.4, 0.5) is 4.79 Å². The molecule has 1 atom stereocenters. The van der Waals surface area contributed by atoms with Gasteiger partial charge in [0.2, 0.25) is 0 Å². The number of amides is 1. The highest BCUT2D eigenvalue weighted by Gasteiger charge is 2.36. The molecule has 0 aromatic heterocycles. The Morgan fingerprint density at radius 2 is 1.87 bits per heavy atom. The summed E-state index contributed by atoms with van der Waals surface area (Å²) < 4.78 is 10.3. The van der Waals surface area contributed by atoms with Crippen molar-refractivity contribution in [3.05, 3.63) is 10.1 Å². The van der Waals surface area contributed by atoms with Crippen molar-refractivity contribution in [3.63, 3.8) is 0 Å². The van der Waals surface area contributed by atoms with E-state index in [0.717, 1.165) is 19.3 Å². The highest BCUT2D eigenvalue weighted by Crippen LogP contribution is 2.19. The maximum Gasteiger partial charge on any atom is 0.410 e. The van der Waals surface area contributed by atoms with Gasteiger partial charge in [0, 0.05) is 6.54 Å². The Hall–Kier alpha value is -2.06. The van der Waals surface area contributed by atoms with Gasteiger partial charge in [-0.05, 0) is 32.1 Å². The first kappa shape index (κ1) is 19.0. The number of unbranched alkanes of at least 4 members (excludes halogenated alkanes) is 2. The molecule has 0 saturated carbocycles. The second kappa shape index (κ2) is 10.6. The highest BCUT2D eigenvalue weighted by atomic mass is 16.9. The SMILES string of the molecule is CCCCOC(=O)C1CCCN1C(=O)OCCCCO[N+](=O)[O-]. The third-order valence-corrected chi connectivity index (χ3v) is 3.46. The summed E-state index contributed by atoms with van der Waals surface area (Å²) in [7, 11) is 0. The number of rotatable bonds is 10. The van der Waals surface area contributed by atoms with Gasteiger partial charge >= 0.3 is 12.1 Å². The third-order valence-electron chi connectivity index (χ3n) is 3.46. The van der Waals surface area contributed by atoms with E-state index in [0.29, 0.717) is 32.4 Å². The first-order chi connectivity index (χ1) is 11.1. The molecule has 0 radical (unpaired) electrons. The first-order valence-electron chi connectivity index (χ1n) is 7.93. The molecule has 1 heterocycles. The summed E-state index contributed by atoms with van der Waals surface area (Å²) in [6, 6.07) is -0.572. The Bertz CT molecular complexity index is 403. The maximum atomic E-state index is 12.0. The molecule has 1 saturated heterocycles. The average Bonchev–Trinajstić information content (AvgIpc) is 3.00. The molecule has 0 aliphatic carbocycles. The minimum absolute atomic E-state index is 0.0271. The molecule has 132 valence electrons. The minimum atomic E-state index is -0.856. The summed E-state index contributed by atoms with van der Waals surface area (Å²) in [5, 5.41) is 9.10. The van der Waals surface area contributed by atoms with Crippen molar-refractivity contribution in [2.24, 2.45) is 0 Å². The van der Waals surface area contributed by atoms with E-state index in [1.54, 1.807) is 0 Å². The zero-order chi connectivity index (χ0) is 17.1. The van der Waals surface area contributed by atoms with Crippen molar-refractivity contribution in [1.82, 2.24) is 4.90 Å². The number of carbonyl (C=O) groups excluding carboxylic acids is 2. The Balaban J connectivity index is 2.25. The van der Waals surface area contributed by atoms with Crippen LogP contribution >= 0.6 is 0 Å². The predicted octanol–water partition coefficient (Wildman–Crippen LogP) is 1.92. The van der Waals surface area contributed by atoms with Crippen molar-refractivity contribution in [2.75, 3.05) is 26.4 Å². The van der Waals surface area contributed by atoms with Crippen LogP contribution in [-0.2, 0) is 19.1 Å². The molecular weight excluding hydrogens is 308 g/mol. The lowest BCUT2D eigenvalue weighted by Crippen LogP contribution is -2.41. The van der Waals surface area contributed by atoms with Gasteiger partial charge in [-0.3, -0.25) is 4.90 Å². The normalized spacial score (nSPS) is 16.9. The lowest BCUT2D eigenvalue weighted by molar-refractivity contribution is -0.757. The van der Waals surface area contributed by atoms with Crippen LogP contribution in [0.2, 0.25) is 0 Å². The summed E-state index contributed by atoms with van der Waals surface area (Å²) in [4.78, 5) is 39.5. The Morgan fingerprint density at radius 1 is 1.17 bits per heavy atom.